The molecule has 0 amide bonds. The van der Waals surface area contributed by atoms with Crippen LogP contribution in [0.1, 0.15) is 67.2 Å². The van der Waals surface area contributed by atoms with Gasteiger partial charge in [0, 0.05) is 56.5 Å². The summed E-state index contributed by atoms with van der Waals surface area (Å²) in [5, 5.41) is 10.1. The molecule has 5 rings (SSSR count). The number of rotatable bonds is 7. The van der Waals surface area contributed by atoms with Gasteiger partial charge in [0.2, 0.25) is 0 Å². The van der Waals surface area contributed by atoms with Crippen LogP contribution >= 0.6 is 0 Å². The van der Waals surface area contributed by atoms with E-state index in [0.717, 1.165) is 44.5 Å². The van der Waals surface area contributed by atoms with Gasteiger partial charge in [-0.1, -0.05) is 56.3 Å². The second-order valence-corrected chi connectivity index (χ2v) is 10.0. The van der Waals surface area contributed by atoms with E-state index in [1.165, 1.54) is 27.9 Å². The minimum absolute atomic E-state index is 0.134. The van der Waals surface area contributed by atoms with Crippen molar-refractivity contribution in [2.24, 2.45) is 5.92 Å². The van der Waals surface area contributed by atoms with Gasteiger partial charge in [-0.05, 0) is 66.5 Å². The maximum atomic E-state index is 10.1. The van der Waals surface area contributed by atoms with Gasteiger partial charge in [-0.15, -0.1) is 0 Å². The van der Waals surface area contributed by atoms with Gasteiger partial charge in [0.1, 0.15) is 11.5 Å². The molecule has 38 heavy (non-hydrogen) atoms. The minimum Gasteiger partial charge on any atom is -0.508 e. The Morgan fingerprint density at radius 2 is 1.50 bits per heavy atom. The summed E-state index contributed by atoms with van der Waals surface area (Å²) in [6, 6.07) is 23.4. The van der Waals surface area contributed by atoms with Gasteiger partial charge in [0.25, 0.3) is 0 Å². The fraction of sp³-hybridized carbons (Fsp3) is 0.455. The summed E-state index contributed by atoms with van der Waals surface area (Å²) in [7, 11) is 5.21. The van der Waals surface area contributed by atoms with Crippen LogP contribution in [0.4, 0.5) is 5.69 Å². The molecule has 1 aliphatic carbocycles. The highest BCUT2D eigenvalue weighted by atomic mass is 16.7. The fourth-order valence-corrected chi connectivity index (χ4v) is 6.31. The van der Waals surface area contributed by atoms with E-state index >= 15 is 0 Å². The first-order valence-corrected chi connectivity index (χ1v) is 14.0. The number of piperidine rings is 1. The van der Waals surface area contributed by atoms with Crippen LogP contribution < -0.4 is 9.64 Å². The van der Waals surface area contributed by atoms with Crippen molar-refractivity contribution >= 4 is 5.69 Å². The zero-order valence-electron chi connectivity index (χ0n) is 23.5. The van der Waals surface area contributed by atoms with Crippen molar-refractivity contribution in [3.8, 4) is 11.5 Å². The molecular weight excluding hydrogens is 474 g/mol. The van der Waals surface area contributed by atoms with Gasteiger partial charge in [0.05, 0.1) is 7.11 Å². The first-order valence-electron chi connectivity index (χ1n) is 14.0. The highest BCUT2D eigenvalue weighted by Gasteiger charge is 2.34. The molecule has 5 nitrogen and oxygen atoms in total. The Hall–Kier alpha value is -3.02. The van der Waals surface area contributed by atoms with Crippen molar-refractivity contribution in [3.63, 3.8) is 0 Å². The van der Waals surface area contributed by atoms with Crippen molar-refractivity contribution in [3.05, 3.63) is 89.0 Å². The average Bonchev–Trinajstić information content (AvgIpc) is 2.98. The quantitative estimate of drug-likeness (QED) is 0.338. The number of phenolic OH excluding ortho intramolecular Hbond substituents is 1. The molecule has 1 aliphatic heterocycles. The number of methoxy groups -OCH3 is 3. The molecule has 0 bridgehead atoms. The lowest BCUT2D eigenvalue weighted by atomic mass is 9.69. The standard InChI is InChI=1S/C31H37NO4.C2H6/c1-34-29-20-24(32-17-15-22(16-18-32)31(35-2)36-3)10-13-28(29)30-26(21-7-5-4-6-8-21)12-9-23-19-25(33)11-14-27(23)30;1-2/h4-8,10-11,13-14,19-20,22,26,30-31,33H,9,12,15-18H2,1-3H3;1-2H3. The summed E-state index contributed by atoms with van der Waals surface area (Å²) in [4.78, 5) is 2.44. The molecule has 2 unspecified atom stereocenters. The summed E-state index contributed by atoms with van der Waals surface area (Å²) in [5.74, 6) is 2.18. The summed E-state index contributed by atoms with van der Waals surface area (Å²) in [6.07, 6.45) is 3.92. The van der Waals surface area contributed by atoms with E-state index in [4.69, 9.17) is 14.2 Å². The Balaban J connectivity index is 0.00000164. The molecular formula is C33H43NO4. The van der Waals surface area contributed by atoms with Crippen LogP contribution in [-0.4, -0.2) is 45.8 Å². The van der Waals surface area contributed by atoms with Crippen molar-refractivity contribution in [1.82, 2.24) is 0 Å². The Morgan fingerprint density at radius 1 is 0.816 bits per heavy atom. The molecule has 3 aromatic rings. The summed E-state index contributed by atoms with van der Waals surface area (Å²) in [6.45, 7) is 5.93. The van der Waals surface area contributed by atoms with E-state index < -0.39 is 0 Å². The van der Waals surface area contributed by atoms with Gasteiger partial charge in [-0.2, -0.15) is 0 Å². The molecule has 1 N–H and O–H groups in total. The Morgan fingerprint density at radius 3 is 2.16 bits per heavy atom. The first kappa shape index (κ1) is 28.0. The first-order chi connectivity index (χ1) is 18.6. The molecule has 1 fully saturated rings. The third-order valence-corrected chi connectivity index (χ3v) is 8.12. The van der Waals surface area contributed by atoms with Crippen LogP contribution in [0, 0.1) is 5.92 Å². The second-order valence-electron chi connectivity index (χ2n) is 10.0. The molecule has 3 aromatic carbocycles. The van der Waals surface area contributed by atoms with Crippen LogP contribution in [0.5, 0.6) is 11.5 Å². The summed E-state index contributed by atoms with van der Waals surface area (Å²) < 4.78 is 17.0. The molecule has 1 saturated heterocycles. The van der Waals surface area contributed by atoms with Gasteiger partial charge >= 0.3 is 0 Å². The topological polar surface area (TPSA) is 51.2 Å². The number of anilines is 1. The SMILES string of the molecule is CC.COc1cc(N2CCC(C(OC)OC)CC2)ccc1C1c2ccc(O)cc2CCC1c1ccccc1. The molecule has 5 heteroatoms. The number of aryl methyl sites for hydroxylation is 1. The highest BCUT2D eigenvalue weighted by Crippen LogP contribution is 2.49. The second kappa shape index (κ2) is 13.2. The van der Waals surface area contributed by atoms with Crippen LogP contribution in [0.15, 0.2) is 66.7 Å². The van der Waals surface area contributed by atoms with Crippen molar-refractivity contribution in [2.75, 3.05) is 39.3 Å². The smallest absolute Gasteiger partial charge is 0.159 e. The van der Waals surface area contributed by atoms with E-state index in [1.54, 1.807) is 21.3 Å². The van der Waals surface area contributed by atoms with Crippen LogP contribution in [-0.2, 0) is 15.9 Å². The molecule has 0 aromatic heterocycles. The molecule has 0 radical (unpaired) electrons. The van der Waals surface area contributed by atoms with Gasteiger partial charge < -0.3 is 24.2 Å². The van der Waals surface area contributed by atoms with Crippen LogP contribution in [0.25, 0.3) is 0 Å². The number of fused-ring (bicyclic) bond motifs is 1. The van der Waals surface area contributed by atoms with E-state index in [9.17, 15) is 5.11 Å². The molecule has 204 valence electrons. The lowest BCUT2D eigenvalue weighted by Gasteiger charge is -2.37. The number of hydrogen-bond acceptors (Lipinski definition) is 5. The molecule has 0 spiro atoms. The zero-order valence-corrected chi connectivity index (χ0v) is 23.5. The number of benzene rings is 3. The predicted octanol–water partition coefficient (Wildman–Crippen LogP) is 7.12. The van der Waals surface area contributed by atoms with Gasteiger partial charge in [-0.25, -0.2) is 0 Å². The Labute approximate surface area is 228 Å². The lowest BCUT2D eigenvalue weighted by molar-refractivity contribution is -0.141. The minimum atomic E-state index is -0.134. The monoisotopic (exact) mass is 517 g/mol. The van der Waals surface area contributed by atoms with E-state index in [1.807, 2.05) is 26.0 Å². The van der Waals surface area contributed by atoms with Crippen LogP contribution in [0.3, 0.4) is 0 Å². The number of nitrogens with zero attached hydrogens (tertiary/aromatic N) is 1. The van der Waals surface area contributed by atoms with Gasteiger partial charge in [-0.3, -0.25) is 0 Å². The maximum Gasteiger partial charge on any atom is 0.159 e. The Bertz CT molecular complexity index is 1150. The number of aromatic hydroxyl groups is 1. The zero-order chi connectivity index (χ0) is 27.1. The lowest BCUT2D eigenvalue weighted by Crippen LogP contribution is -2.39. The van der Waals surface area contributed by atoms with Crippen molar-refractivity contribution < 1.29 is 19.3 Å². The predicted molar refractivity (Wildman–Crippen MR) is 155 cm³/mol. The fourth-order valence-electron chi connectivity index (χ4n) is 6.31. The largest absolute Gasteiger partial charge is 0.508 e. The molecule has 2 atom stereocenters. The summed E-state index contributed by atoms with van der Waals surface area (Å²) in [5.41, 5.74) is 6.25. The molecule has 0 saturated carbocycles. The van der Waals surface area contributed by atoms with E-state index in [0.29, 0.717) is 17.6 Å². The number of hydrogen-bond donors (Lipinski definition) is 1. The van der Waals surface area contributed by atoms with Crippen molar-refractivity contribution in [1.29, 1.82) is 0 Å². The number of phenols is 1. The normalized spacial score (nSPS) is 19.5. The van der Waals surface area contributed by atoms with Gasteiger partial charge in [0.15, 0.2) is 6.29 Å². The van der Waals surface area contributed by atoms with E-state index in [2.05, 4.69) is 59.5 Å². The van der Waals surface area contributed by atoms with Crippen molar-refractivity contribution in [2.45, 2.75) is 57.7 Å². The van der Waals surface area contributed by atoms with E-state index in [-0.39, 0.29) is 12.2 Å². The third-order valence-electron chi connectivity index (χ3n) is 8.12. The number of ether oxygens (including phenoxy) is 3. The average molecular weight is 518 g/mol. The summed E-state index contributed by atoms with van der Waals surface area (Å²) >= 11 is 0. The highest BCUT2D eigenvalue weighted by molar-refractivity contribution is 5.58. The van der Waals surface area contributed by atoms with Crippen LogP contribution in [0.2, 0.25) is 0 Å². The third kappa shape index (κ3) is 5.84. The maximum absolute atomic E-state index is 10.1. The molecule has 2 aliphatic rings. The Kier molecular flexibility index (Phi) is 9.70. The molecule has 1 heterocycles.